The van der Waals surface area contributed by atoms with Crippen molar-refractivity contribution in [1.29, 1.82) is 0 Å². The molecule has 0 aromatic heterocycles. The first kappa shape index (κ1) is 17.8. The highest BCUT2D eigenvalue weighted by Gasteiger charge is 2.60. The molecule has 1 amide bonds. The zero-order valence-electron chi connectivity index (χ0n) is 16.1. The fourth-order valence-corrected chi connectivity index (χ4v) is 6.42. The molecule has 0 heterocycles. The van der Waals surface area contributed by atoms with Crippen molar-refractivity contribution in [2.75, 3.05) is 27.4 Å². The molecule has 0 aliphatic heterocycles. The maximum atomic E-state index is 13.2. The molecule has 4 aliphatic rings. The van der Waals surface area contributed by atoms with Gasteiger partial charge in [0.1, 0.15) is 5.75 Å². The van der Waals surface area contributed by atoms with E-state index in [1.165, 1.54) is 24.8 Å². The van der Waals surface area contributed by atoms with Gasteiger partial charge in [0.2, 0.25) is 5.91 Å². The third-order valence-corrected chi connectivity index (χ3v) is 7.06. The summed E-state index contributed by atoms with van der Waals surface area (Å²) in [4.78, 5) is 13.2. The molecule has 0 unspecified atom stereocenters. The van der Waals surface area contributed by atoms with Crippen LogP contribution in [0.1, 0.15) is 50.5 Å². The quantitative estimate of drug-likeness (QED) is 0.757. The van der Waals surface area contributed by atoms with Crippen LogP contribution in [0.25, 0.3) is 0 Å². The van der Waals surface area contributed by atoms with Crippen LogP contribution in [0.5, 0.6) is 5.75 Å². The molecule has 0 saturated heterocycles. The minimum atomic E-state index is -0.156. The molecule has 4 bridgehead atoms. The van der Waals surface area contributed by atoms with Gasteiger partial charge in [-0.25, -0.2) is 0 Å². The van der Waals surface area contributed by atoms with Crippen molar-refractivity contribution < 1.29 is 14.3 Å². The first-order valence-corrected chi connectivity index (χ1v) is 10.0. The molecule has 2 atom stereocenters. The second-order valence-corrected chi connectivity index (χ2v) is 8.85. The average molecular weight is 357 g/mol. The standard InChI is InChI=1S/C22H31NO3/c1-25-9-3-8-23-20(24)22-13-16-10-17(14-22)12-21(11-16,15-22)18-4-6-19(26-2)7-5-18/h4-7,16-17H,3,8-15H2,1-2H3,(H,23,24)/t16-,17-,21?,22?/m0/s1. The van der Waals surface area contributed by atoms with Gasteiger partial charge in [0.15, 0.2) is 0 Å². The van der Waals surface area contributed by atoms with E-state index < -0.39 is 0 Å². The van der Waals surface area contributed by atoms with Crippen LogP contribution >= 0.6 is 0 Å². The fourth-order valence-electron chi connectivity index (χ4n) is 6.42. The predicted molar refractivity (Wildman–Crippen MR) is 101 cm³/mol. The Labute approximate surface area is 156 Å². The number of hydrogen-bond acceptors (Lipinski definition) is 3. The average Bonchev–Trinajstić information content (AvgIpc) is 2.64. The van der Waals surface area contributed by atoms with Gasteiger partial charge in [-0.05, 0) is 79.9 Å². The number of nitrogens with one attached hydrogen (secondary N) is 1. The summed E-state index contributed by atoms with van der Waals surface area (Å²) in [6, 6.07) is 8.61. The molecular weight excluding hydrogens is 326 g/mol. The largest absolute Gasteiger partial charge is 0.497 e. The molecule has 5 rings (SSSR count). The number of methoxy groups -OCH3 is 2. The first-order chi connectivity index (χ1) is 12.6. The number of carbonyl (C=O) groups excluding carboxylic acids is 1. The summed E-state index contributed by atoms with van der Waals surface area (Å²) in [5, 5.41) is 3.22. The van der Waals surface area contributed by atoms with Crippen LogP contribution in [-0.4, -0.2) is 33.3 Å². The molecule has 1 N–H and O–H groups in total. The Kier molecular flexibility index (Phi) is 4.72. The topological polar surface area (TPSA) is 47.6 Å². The lowest BCUT2D eigenvalue weighted by atomic mass is 9.42. The Morgan fingerprint density at radius 2 is 1.81 bits per heavy atom. The van der Waals surface area contributed by atoms with Gasteiger partial charge in [-0.3, -0.25) is 4.79 Å². The summed E-state index contributed by atoms with van der Waals surface area (Å²) >= 11 is 0. The fraction of sp³-hybridized carbons (Fsp3) is 0.682. The van der Waals surface area contributed by atoms with Crippen LogP contribution in [-0.2, 0) is 14.9 Å². The Bertz CT molecular complexity index is 640. The molecule has 26 heavy (non-hydrogen) atoms. The number of amides is 1. The first-order valence-electron chi connectivity index (χ1n) is 10.0. The summed E-state index contributed by atoms with van der Waals surface area (Å²) in [5.41, 5.74) is 1.43. The Morgan fingerprint density at radius 3 is 2.42 bits per heavy atom. The van der Waals surface area contributed by atoms with Gasteiger partial charge in [0.05, 0.1) is 12.5 Å². The van der Waals surface area contributed by atoms with E-state index >= 15 is 0 Å². The highest BCUT2D eigenvalue weighted by atomic mass is 16.5. The molecular formula is C22H31NO3. The highest BCUT2D eigenvalue weighted by molar-refractivity contribution is 5.83. The second-order valence-electron chi connectivity index (χ2n) is 8.85. The number of ether oxygens (including phenoxy) is 2. The molecule has 0 radical (unpaired) electrons. The molecule has 1 aromatic rings. The van der Waals surface area contributed by atoms with Crippen molar-refractivity contribution in [2.45, 2.75) is 50.4 Å². The molecule has 1 aromatic carbocycles. The van der Waals surface area contributed by atoms with E-state index in [9.17, 15) is 4.79 Å². The van der Waals surface area contributed by atoms with E-state index in [2.05, 4.69) is 29.6 Å². The van der Waals surface area contributed by atoms with Crippen molar-refractivity contribution in [2.24, 2.45) is 17.3 Å². The van der Waals surface area contributed by atoms with Crippen LogP contribution in [0.2, 0.25) is 0 Å². The Hall–Kier alpha value is -1.55. The second kappa shape index (κ2) is 6.88. The smallest absolute Gasteiger partial charge is 0.226 e. The van der Waals surface area contributed by atoms with E-state index in [-0.39, 0.29) is 10.8 Å². The minimum Gasteiger partial charge on any atom is -0.497 e. The SMILES string of the molecule is COCCCNC(=O)C12C[C@H]3C[C@H](C1)CC(c1ccc(OC)cc1)(C3)C2. The van der Waals surface area contributed by atoms with E-state index in [1.54, 1.807) is 14.2 Å². The number of carbonyl (C=O) groups is 1. The number of rotatable bonds is 7. The molecule has 4 saturated carbocycles. The minimum absolute atomic E-state index is 0.156. The van der Waals surface area contributed by atoms with E-state index in [0.29, 0.717) is 24.3 Å². The third kappa shape index (κ3) is 3.02. The lowest BCUT2D eigenvalue weighted by molar-refractivity contribution is -0.149. The summed E-state index contributed by atoms with van der Waals surface area (Å²) in [6.07, 6.45) is 7.86. The summed E-state index contributed by atoms with van der Waals surface area (Å²) < 4.78 is 10.4. The molecule has 0 spiro atoms. The zero-order chi connectivity index (χ0) is 18.2. The van der Waals surface area contributed by atoms with E-state index in [4.69, 9.17) is 9.47 Å². The van der Waals surface area contributed by atoms with Gasteiger partial charge in [0, 0.05) is 20.3 Å². The van der Waals surface area contributed by atoms with Crippen molar-refractivity contribution in [3.63, 3.8) is 0 Å². The van der Waals surface area contributed by atoms with Crippen LogP contribution in [0, 0.1) is 17.3 Å². The molecule has 4 fully saturated rings. The van der Waals surface area contributed by atoms with Crippen molar-refractivity contribution >= 4 is 5.91 Å². The van der Waals surface area contributed by atoms with Crippen molar-refractivity contribution in [3.05, 3.63) is 29.8 Å². The predicted octanol–water partition coefficient (Wildman–Crippen LogP) is 3.69. The summed E-state index contributed by atoms with van der Waals surface area (Å²) in [7, 11) is 3.42. The van der Waals surface area contributed by atoms with Gasteiger partial charge in [0.25, 0.3) is 0 Å². The molecule has 4 heteroatoms. The normalized spacial score (nSPS) is 34.7. The lowest BCUT2D eigenvalue weighted by Gasteiger charge is -2.61. The maximum absolute atomic E-state index is 13.2. The van der Waals surface area contributed by atoms with Crippen LogP contribution in [0.3, 0.4) is 0 Å². The van der Waals surface area contributed by atoms with Gasteiger partial charge >= 0.3 is 0 Å². The van der Waals surface area contributed by atoms with Gasteiger partial charge in [-0.1, -0.05) is 12.1 Å². The molecule has 142 valence electrons. The Morgan fingerprint density at radius 1 is 1.12 bits per heavy atom. The molecule has 4 nitrogen and oxygen atoms in total. The zero-order valence-corrected chi connectivity index (χ0v) is 16.1. The number of hydrogen-bond donors (Lipinski definition) is 1. The number of benzene rings is 1. The van der Waals surface area contributed by atoms with Crippen LogP contribution in [0.4, 0.5) is 0 Å². The lowest BCUT2D eigenvalue weighted by Crippen LogP contribution is -2.59. The van der Waals surface area contributed by atoms with Crippen molar-refractivity contribution in [1.82, 2.24) is 5.32 Å². The summed E-state index contributed by atoms with van der Waals surface area (Å²) in [5.74, 6) is 2.59. The Balaban J connectivity index is 1.56. The van der Waals surface area contributed by atoms with Gasteiger partial charge in [-0.15, -0.1) is 0 Å². The molecule has 4 aliphatic carbocycles. The van der Waals surface area contributed by atoms with Gasteiger partial charge in [-0.2, -0.15) is 0 Å². The van der Waals surface area contributed by atoms with Crippen LogP contribution in [0.15, 0.2) is 24.3 Å². The third-order valence-electron chi connectivity index (χ3n) is 7.06. The highest BCUT2D eigenvalue weighted by Crippen LogP contribution is 2.65. The monoisotopic (exact) mass is 357 g/mol. The summed E-state index contributed by atoms with van der Waals surface area (Å²) in [6.45, 7) is 1.42. The van der Waals surface area contributed by atoms with Gasteiger partial charge < -0.3 is 14.8 Å². The van der Waals surface area contributed by atoms with E-state index in [0.717, 1.165) is 38.0 Å². The van der Waals surface area contributed by atoms with Crippen molar-refractivity contribution in [3.8, 4) is 5.75 Å². The van der Waals surface area contributed by atoms with E-state index in [1.807, 2.05) is 0 Å². The maximum Gasteiger partial charge on any atom is 0.226 e. The van der Waals surface area contributed by atoms with Crippen LogP contribution < -0.4 is 10.1 Å².